The highest BCUT2D eigenvalue weighted by atomic mass is 35.5. The van der Waals surface area contributed by atoms with E-state index >= 15 is 0 Å². The molecule has 0 aromatic carbocycles. The van der Waals surface area contributed by atoms with E-state index < -0.39 is 0 Å². The first-order chi connectivity index (χ1) is 4.79. The van der Waals surface area contributed by atoms with Gasteiger partial charge in [0.25, 0.3) is 0 Å². The van der Waals surface area contributed by atoms with E-state index in [2.05, 4.69) is 17.9 Å². The highest BCUT2D eigenvalue weighted by Gasteiger charge is 2.36. The molecular weight excluding hydrogens is 146 g/mol. The fourth-order valence-corrected chi connectivity index (χ4v) is 2.43. The number of nitrogens with zero attached hydrogens (tertiary/aromatic N) is 1. The van der Waals surface area contributed by atoms with Crippen molar-refractivity contribution in [1.29, 1.82) is 0 Å². The van der Waals surface area contributed by atoms with E-state index in [9.17, 15) is 0 Å². The van der Waals surface area contributed by atoms with E-state index in [4.69, 9.17) is 11.6 Å². The molecule has 0 aliphatic carbocycles. The third-order valence-electron chi connectivity index (χ3n) is 2.54. The second-order valence-electron chi connectivity index (χ2n) is 3.19. The lowest BCUT2D eigenvalue weighted by Crippen LogP contribution is -2.28. The molecule has 2 heterocycles. The van der Waals surface area contributed by atoms with Crippen molar-refractivity contribution in [1.82, 2.24) is 4.90 Å². The van der Waals surface area contributed by atoms with Crippen molar-refractivity contribution in [2.75, 3.05) is 13.1 Å². The normalized spacial score (nSPS) is 40.0. The van der Waals surface area contributed by atoms with E-state index in [0.717, 1.165) is 13.0 Å². The summed E-state index contributed by atoms with van der Waals surface area (Å²) < 4.78 is 0. The average molecular weight is 158 g/mol. The SMILES string of the molecule is CC1=CCN2CCC(Cl)C12. The molecule has 2 aliphatic rings. The largest absolute Gasteiger partial charge is 0.291 e. The van der Waals surface area contributed by atoms with Gasteiger partial charge in [0.1, 0.15) is 0 Å². The predicted molar refractivity (Wildman–Crippen MR) is 43.4 cm³/mol. The van der Waals surface area contributed by atoms with Gasteiger partial charge >= 0.3 is 0 Å². The van der Waals surface area contributed by atoms with Gasteiger partial charge in [-0.1, -0.05) is 11.6 Å². The summed E-state index contributed by atoms with van der Waals surface area (Å²) in [4.78, 5) is 2.45. The van der Waals surface area contributed by atoms with Crippen LogP contribution >= 0.6 is 11.6 Å². The molecule has 1 saturated heterocycles. The van der Waals surface area contributed by atoms with Crippen molar-refractivity contribution in [3.8, 4) is 0 Å². The van der Waals surface area contributed by atoms with Gasteiger partial charge < -0.3 is 0 Å². The zero-order valence-corrected chi connectivity index (χ0v) is 6.93. The molecular formula is C8H12ClN. The first kappa shape index (κ1) is 6.68. The van der Waals surface area contributed by atoms with Gasteiger partial charge in [-0.15, -0.1) is 11.6 Å². The monoisotopic (exact) mass is 157 g/mol. The molecule has 0 saturated carbocycles. The van der Waals surface area contributed by atoms with Crippen LogP contribution in [0, 0.1) is 0 Å². The Hall–Kier alpha value is -0.0100. The minimum absolute atomic E-state index is 0.374. The quantitative estimate of drug-likeness (QED) is 0.382. The van der Waals surface area contributed by atoms with Gasteiger partial charge in [0.05, 0.1) is 5.38 Å². The fraction of sp³-hybridized carbons (Fsp3) is 0.750. The molecule has 1 nitrogen and oxygen atoms in total. The van der Waals surface area contributed by atoms with Crippen molar-refractivity contribution in [3.05, 3.63) is 11.6 Å². The average Bonchev–Trinajstić information content (AvgIpc) is 2.40. The topological polar surface area (TPSA) is 3.24 Å². The van der Waals surface area contributed by atoms with Gasteiger partial charge in [-0.3, -0.25) is 4.90 Å². The van der Waals surface area contributed by atoms with Gasteiger partial charge in [-0.05, 0) is 13.3 Å². The first-order valence-electron chi connectivity index (χ1n) is 3.84. The summed E-state index contributed by atoms with van der Waals surface area (Å²) in [7, 11) is 0. The van der Waals surface area contributed by atoms with Crippen LogP contribution in [0.5, 0.6) is 0 Å². The zero-order chi connectivity index (χ0) is 7.14. The highest BCUT2D eigenvalue weighted by molar-refractivity contribution is 6.21. The van der Waals surface area contributed by atoms with Crippen LogP contribution in [-0.2, 0) is 0 Å². The maximum Gasteiger partial charge on any atom is 0.0542 e. The zero-order valence-electron chi connectivity index (χ0n) is 6.18. The predicted octanol–water partition coefficient (Wildman–Crippen LogP) is 1.63. The van der Waals surface area contributed by atoms with Crippen LogP contribution in [0.2, 0.25) is 0 Å². The Morgan fingerprint density at radius 1 is 1.70 bits per heavy atom. The minimum Gasteiger partial charge on any atom is -0.291 e. The standard InChI is InChI=1S/C8H12ClN/c1-6-2-4-10-5-3-7(9)8(6)10/h2,7-8H,3-5H2,1H3. The molecule has 2 aliphatic heterocycles. The molecule has 0 aromatic rings. The van der Waals surface area contributed by atoms with E-state index in [-0.39, 0.29) is 0 Å². The Balaban J connectivity index is 2.20. The summed E-state index contributed by atoms with van der Waals surface area (Å²) >= 11 is 6.13. The lowest BCUT2D eigenvalue weighted by molar-refractivity contribution is 0.337. The smallest absolute Gasteiger partial charge is 0.0542 e. The molecule has 0 aromatic heterocycles. The minimum atomic E-state index is 0.374. The Morgan fingerprint density at radius 2 is 2.50 bits per heavy atom. The van der Waals surface area contributed by atoms with Gasteiger partial charge in [-0.2, -0.15) is 0 Å². The molecule has 56 valence electrons. The van der Waals surface area contributed by atoms with Crippen LogP contribution in [0.15, 0.2) is 11.6 Å². The van der Waals surface area contributed by atoms with Crippen LogP contribution in [-0.4, -0.2) is 29.4 Å². The van der Waals surface area contributed by atoms with E-state index in [1.165, 1.54) is 12.1 Å². The lowest BCUT2D eigenvalue weighted by atomic mass is 10.1. The van der Waals surface area contributed by atoms with Crippen molar-refractivity contribution in [3.63, 3.8) is 0 Å². The third-order valence-corrected chi connectivity index (χ3v) is 3.00. The molecule has 10 heavy (non-hydrogen) atoms. The molecule has 0 amide bonds. The Labute approximate surface area is 66.7 Å². The van der Waals surface area contributed by atoms with Crippen molar-refractivity contribution < 1.29 is 0 Å². The molecule has 2 atom stereocenters. The lowest BCUT2D eigenvalue weighted by Gasteiger charge is -2.17. The maximum atomic E-state index is 6.13. The maximum absolute atomic E-state index is 6.13. The summed E-state index contributed by atoms with van der Waals surface area (Å²) in [5, 5.41) is 0.374. The van der Waals surface area contributed by atoms with Crippen LogP contribution in [0.3, 0.4) is 0 Å². The highest BCUT2D eigenvalue weighted by Crippen LogP contribution is 2.31. The molecule has 2 unspecified atom stereocenters. The summed E-state index contributed by atoms with van der Waals surface area (Å²) in [5.41, 5.74) is 1.47. The van der Waals surface area contributed by atoms with Crippen molar-refractivity contribution in [2.45, 2.75) is 24.8 Å². The number of halogens is 1. The summed E-state index contributed by atoms with van der Waals surface area (Å²) in [5.74, 6) is 0. The molecule has 0 spiro atoms. The fourth-order valence-electron chi connectivity index (χ4n) is 1.97. The van der Waals surface area contributed by atoms with Crippen LogP contribution in [0.4, 0.5) is 0 Å². The number of hydrogen-bond acceptors (Lipinski definition) is 1. The van der Waals surface area contributed by atoms with Crippen LogP contribution in [0.1, 0.15) is 13.3 Å². The van der Waals surface area contributed by atoms with E-state index in [0.29, 0.717) is 11.4 Å². The van der Waals surface area contributed by atoms with Crippen molar-refractivity contribution >= 4 is 11.6 Å². The second kappa shape index (κ2) is 2.24. The first-order valence-corrected chi connectivity index (χ1v) is 4.27. The summed E-state index contributed by atoms with van der Waals surface area (Å²) in [6.45, 7) is 4.50. The van der Waals surface area contributed by atoms with E-state index in [1.807, 2.05) is 0 Å². The Morgan fingerprint density at radius 3 is 3.20 bits per heavy atom. The Bertz CT molecular complexity index is 176. The van der Waals surface area contributed by atoms with Gasteiger partial charge in [-0.25, -0.2) is 0 Å². The second-order valence-corrected chi connectivity index (χ2v) is 3.75. The number of fused-ring (bicyclic) bond motifs is 1. The number of rotatable bonds is 0. The summed E-state index contributed by atoms with van der Waals surface area (Å²) in [6, 6.07) is 0.571. The van der Waals surface area contributed by atoms with Crippen LogP contribution < -0.4 is 0 Å². The molecule has 0 bridgehead atoms. The number of hydrogen-bond donors (Lipinski definition) is 0. The molecule has 0 radical (unpaired) electrons. The van der Waals surface area contributed by atoms with Gasteiger partial charge in [0.2, 0.25) is 0 Å². The number of alkyl halides is 1. The van der Waals surface area contributed by atoms with Gasteiger partial charge in [0.15, 0.2) is 0 Å². The molecule has 0 N–H and O–H groups in total. The summed E-state index contributed by atoms with van der Waals surface area (Å²) in [6.07, 6.45) is 3.45. The van der Waals surface area contributed by atoms with Crippen molar-refractivity contribution in [2.24, 2.45) is 0 Å². The van der Waals surface area contributed by atoms with E-state index in [1.54, 1.807) is 0 Å². The Kier molecular flexibility index (Phi) is 1.50. The third kappa shape index (κ3) is 0.807. The van der Waals surface area contributed by atoms with Crippen LogP contribution in [0.25, 0.3) is 0 Å². The molecule has 2 rings (SSSR count). The van der Waals surface area contributed by atoms with Gasteiger partial charge in [0, 0.05) is 19.1 Å². The molecule has 1 fully saturated rings. The molecule has 2 heteroatoms.